The first-order valence-electron chi connectivity index (χ1n) is 11.7. The maximum atomic E-state index is 13.1. The molecule has 2 aromatic carbocycles. The van der Waals surface area contributed by atoms with Crippen LogP contribution in [0.5, 0.6) is 0 Å². The standard InChI is InChI=1S/C27H27ClN6O/c1-2-13-29-22-11-14-33(15-12-22)25-6-4-3-5-24(25)32-27(35)20-16-30-26-23(17-31-34(26)18-20)19-7-9-21(28)10-8-19/h2-10,16-18,22,29H,1,11-15H2,(H,32,35). The summed E-state index contributed by atoms with van der Waals surface area (Å²) in [5.41, 5.74) is 4.78. The lowest BCUT2D eigenvalue weighted by Crippen LogP contribution is -2.42. The lowest BCUT2D eigenvalue weighted by Gasteiger charge is -2.35. The van der Waals surface area contributed by atoms with Crippen molar-refractivity contribution in [2.75, 3.05) is 29.9 Å². The molecular formula is C27H27ClN6O. The number of carbonyl (C=O) groups excluding carboxylic acids is 1. The van der Waals surface area contributed by atoms with E-state index in [9.17, 15) is 4.79 Å². The Morgan fingerprint density at radius 3 is 2.66 bits per heavy atom. The van der Waals surface area contributed by atoms with Crippen molar-refractivity contribution < 1.29 is 4.79 Å². The first-order chi connectivity index (χ1) is 17.1. The quantitative estimate of drug-likeness (QED) is 0.358. The second-order valence-electron chi connectivity index (χ2n) is 8.61. The van der Waals surface area contributed by atoms with Gasteiger partial charge in [-0.1, -0.05) is 41.9 Å². The fourth-order valence-corrected chi connectivity index (χ4v) is 4.58. The molecule has 8 heteroatoms. The van der Waals surface area contributed by atoms with Crippen LogP contribution in [0, 0.1) is 0 Å². The van der Waals surface area contributed by atoms with Crippen LogP contribution >= 0.6 is 11.6 Å². The Bertz CT molecular complexity index is 1340. The summed E-state index contributed by atoms with van der Waals surface area (Å²) >= 11 is 6.01. The summed E-state index contributed by atoms with van der Waals surface area (Å²) in [6.07, 6.45) is 9.03. The van der Waals surface area contributed by atoms with Gasteiger partial charge in [0.2, 0.25) is 0 Å². The zero-order valence-corrected chi connectivity index (χ0v) is 20.1. The van der Waals surface area contributed by atoms with Gasteiger partial charge >= 0.3 is 0 Å². The first-order valence-corrected chi connectivity index (χ1v) is 12.1. The average Bonchev–Trinajstić information content (AvgIpc) is 3.32. The van der Waals surface area contributed by atoms with Crippen LogP contribution in [0.1, 0.15) is 23.2 Å². The SMILES string of the molecule is C=CCNC1CCN(c2ccccc2NC(=O)c2cnc3c(-c4ccc(Cl)cc4)cnn3c2)CC1. The molecule has 4 aromatic rings. The number of para-hydroxylation sites is 2. The summed E-state index contributed by atoms with van der Waals surface area (Å²) < 4.78 is 1.63. The number of fused-ring (bicyclic) bond motifs is 1. The van der Waals surface area contributed by atoms with Crippen molar-refractivity contribution in [3.63, 3.8) is 0 Å². The number of anilines is 2. The van der Waals surface area contributed by atoms with Gasteiger partial charge in [0.1, 0.15) is 0 Å². The molecule has 7 nitrogen and oxygen atoms in total. The van der Waals surface area contributed by atoms with Gasteiger partial charge in [-0.25, -0.2) is 9.50 Å². The fourth-order valence-electron chi connectivity index (χ4n) is 4.45. The van der Waals surface area contributed by atoms with Crippen LogP contribution in [0.15, 0.2) is 79.8 Å². The molecule has 2 N–H and O–H groups in total. The van der Waals surface area contributed by atoms with E-state index >= 15 is 0 Å². The Labute approximate surface area is 209 Å². The second-order valence-corrected chi connectivity index (χ2v) is 9.04. The van der Waals surface area contributed by atoms with E-state index in [4.69, 9.17) is 11.6 Å². The number of hydrogen-bond donors (Lipinski definition) is 2. The third kappa shape index (κ3) is 5.06. The summed E-state index contributed by atoms with van der Waals surface area (Å²) in [4.78, 5) is 20.0. The van der Waals surface area contributed by atoms with Crippen LogP contribution in [0.25, 0.3) is 16.8 Å². The number of hydrogen-bond acceptors (Lipinski definition) is 5. The van der Waals surface area contributed by atoms with Crippen LogP contribution in [0.3, 0.4) is 0 Å². The number of amides is 1. The fraction of sp³-hybridized carbons (Fsp3) is 0.222. The van der Waals surface area contributed by atoms with Gasteiger partial charge in [0, 0.05) is 48.7 Å². The molecular weight excluding hydrogens is 460 g/mol. The van der Waals surface area contributed by atoms with Crippen LogP contribution in [-0.4, -0.2) is 46.2 Å². The Balaban J connectivity index is 1.32. The van der Waals surface area contributed by atoms with E-state index in [1.54, 1.807) is 23.1 Å². The lowest BCUT2D eigenvalue weighted by atomic mass is 10.0. The van der Waals surface area contributed by atoms with Crippen molar-refractivity contribution in [3.05, 3.63) is 90.4 Å². The largest absolute Gasteiger partial charge is 0.370 e. The van der Waals surface area contributed by atoms with Crippen molar-refractivity contribution in [1.29, 1.82) is 0 Å². The summed E-state index contributed by atoms with van der Waals surface area (Å²) in [7, 11) is 0. The van der Waals surface area contributed by atoms with Crippen molar-refractivity contribution in [2.24, 2.45) is 0 Å². The molecule has 1 fully saturated rings. The molecule has 0 unspecified atom stereocenters. The van der Waals surface area contributed by atoms with E-state index in [1.165, 1.54) is 0 Å². The van der Waals surface area contributed by atoms with Gasteiger partial charge in [0.05, 0.1) is 23.1 Å². The second kappa shape index (κ2) is 10.3. The van der Waals surface area contributed by atoms with Gasteiger partial charge in [-0.05, 0) is 42.7 Å². The van der Waals surface area contributed by atoms with Gasteiger partial charge in [0.15, 0.2) is 5.65 Å². The molecule has 0 spiro atoms. The maximum Gasteiger partial charge on any atom is 0.258 e. The Hall–Kier alpha value is -3.68. The van der Waals surface area contributed by atoms with Gasteiger partial charge in [-0.2, -0.15) is 5.10 Å². The highest BCUT2D eigenvalue weighted by atomic mass is 35.5. The van der Waals surface area contributed by atoms with Crippen molar-refractivity contribution in [1.82, 2.24) is 19.9 Å². The minimum atomic E-state index is -0.224. The Morgan fingerprint density at radius 1 is 1.11 bits per heavy atom. The zero-order valence-electron chi connectivity index (χ0n) is 19.3. The number of nitrogens with zero attached hydrogens (tertiary/aromatic N) is 4. The third-order valence-electron chi connectivity index (χ3n) is 6.31. The Kier molecular flexibility index (Phi) is 6.79. The summed E-state index contributed by atoms with van der Waals surface area (Å²) in [5.74, 6) is -0.224. The van der Waals surface area contributed by atoms with E-state index in [0.717, 1.165) is 55.0 Å². The van der Waals surface area contributed by atoms with E-state index in [1.807, 2.05) is 48.5 Å². The highest BCUT2D eigenvalue weighted by Gasteiger charge is 2.21. The zero-order chi connectivity index (χ0) is 24.2. The molecule has 35 heavy (non-hydrogen) atoms. The molecule has 1 aliphatic heterocycles. The molecule has 1 aliphatic rings. The average molecular weight is 487 g/mol. The molecule has 0 aliphatic carbocycles. The predicted molar refractivity (Wildman–Crippen MR) is 141 cm³/mol. The summed E-state index contributed by atoms with van der Waals surface area (Å²) in [6.45, 7) is 6.46. The van der Waals surface area contributed by atoms with E-state index in [2.05, 4.69) is 38.3 Å². The predicted octanol–water partition coefficient (Wildman–Crippen LogP) is 5.05. The van der Waals surface area contributed by atoms with Crippen LogP contribution in [0.4, 0.5) is 11.4 Å². The molecule has 1 amide bonds. The van der Waals surface area contributed by atoms with E-state index in [-0.39, 0.29) is 5.91 Å². The minimum Gasteiger partial charge on any atom is -0.370 e. The molecule has 0 radical (unpaired) electrons. The van der Waals surface area contributed by atoms with Crippen LogP contribution < -0.4 is 15.5 Å². The Morgan fingerprint density at radius 2 is 1.89 bits per heavy atom. The van der Waals surface area contributed by atoms with Crippen LogP contribution in [0.2, 0.25) is 5.02 Å². The summed E-state index contributed by atoms with van der Waals surface area (Å²) in [6, 6.07) is 15.9. The normalized spacial score (nSPS) is 14.3. The first kappa shape index (κ1) is 23.1. The molecule has 0 saturated carbocycles. The van der Waals surface area contributed by atoms with Gasteiger partial charge < -0.3 is 15.5 Å². The van der Waals surface area contributed by atoms with Crippen molar-refractivity contribution >= 4 is 34.5 Å². The van der Waals surface area contributed by atoms with Gasteiger partial charge in [0.25, 0.3) is 5.91 Å². The lowest BCUT2D eigenvalue weighted by molar-refractivity contribution is 0.102. The number of aromatic nitrogens is 3. The number of halogens is 1. The van der Waals surface area contributed by atoms with Gasteiger partial charge in [-0.15, -0.1) is 6.58 Å². The van der Waals surface area contributed by atoms with E-state index < -0.39 is 0 Å². The third-order valence-corrected chi connectivity index (χ3v) is 6.56. The minimum absolute atomic E-state index is 0.224. The number of nitrogens with one attached hydrogen (secondary N) is 2. The number of piperidine rings is 1. The van der Waals surface area contributed by atoms with E-state index in [0.29, 0.717) is 22.3 Å². The molecule has 0 atom stereocenters. The van der Waals surface area contributed by atoms with Crippen LogP contribution in [-0.2, 0) is 0 Å². The molecule has 5 rings (SSSR count). The van der Waals surface area contributed by atoms with Crippen molar-refractivity contribution in [2.45, 2.75) is 18.9 Å². The highest BCUT2D eigenvalue weighted by Crippen LogP contribution is 2.29. The molecule has 2 aromatic heterocycles. The molecule has 0 bridgehead atoms. The monoisotopic (exact) mass is 486 g/mol. The van der Waals surface area contributed by atoms with Gasteiger partial charge in [-0.3, -0.25) is 4.79 Å². The highest BCUT2D eigenvalue weighted by molar-refractivity contribution is 6.30. The molecule has 3 heterocycles. The maximum absolute atomic E-state index is 13.1. The molecule has 1 saturated heterocycles. The number of rotatable bonds is 7. The van der Waals surface area contributed by atoms with Crippen molar-refractivity contribution in [3.8, 4) is 11.1 Å². The number of benzene rings is 2. The smallest absolute Gasteiger partial charge is 0.258 e. The topological polar surface area (TPSA) is 74.6 Å². The summed E-state index contributed by atoms with van der Waals surface area (Å²) in [5, 5.41) is 11.7. The molecule has 178 valence electrons. The number of carbonyl (C=O) groups is 1.